The highest BCUT2D eigenvalue weighted by Gasteiger charge is 2.12. The van der Waals surface area contributed by atoms with E-state index in [1.807, 2.05) is 0 Å². The lowest BCUT2D eigenvalue weighted by atomic mass is 10.2. The highest BCUT2D eigenvalue weighted by Crippen LogP contribution is 2.01. The van der Waals surface area contributed by atoms with E-state index >= 15 is 0 Å². The molecule has 0 bridgehead atoms. The van der Waals surface area contributed by atoms with Crippen LogP contribution in [0.15, 0.2) is 12.4 Å². The van der Waals surface area contributed by atoms with E-state index in [9.17, 15) is 0 Å². The van der Waals surface area contributed by atoms with E-state index < -0.39 is 0 Å². The fraction of sp³-hybridized carbons (Fsp3) is 0.769. The molecule has 0 amide bonds. The van der Waals surface area contributed by atoms with Crippen LogP contribution < -0.4 is 4.57 Å². The Morgan fingerprint density at radius 2 is 1.93 bits per heavy atom. The minimum Gasteiger partial charge on any atom is -0.235 e. The molecule has 15 heavy (non-hydrogen) atoms. The molecule has 0 N–H and O–H groups in total. The van der Waals surface area contributed by atoms with Crippen molar-refractivity contribution in [2.24, 2.45) is 0 Å². The number of aromatic nitrogens is 2. The fourth-order valence-electron chi connectivity index (χ4n) is 2.10. The van der Waals surface area contributed by atoms with Crippen LogP contribution in [-0.2, 0) is 19.5 Å². The maximum Gasteiger partial charge on any atom is 0.256 e. The van der Waals surface area contributed by atoms with Crippen molar-refractivity contribution in [1.82, 2.24) is 4.57 Å². The van der Waals surface area contributed by atoms with Crippen molar-refractivity contribution in [3.63, 3.8) is 0 Å². The normalized spacial score (nSPS) is 10.9. The lowest BCUT2D eigenvalue weighted by molar-refractivity contribution is -0.704. The van der Waals surface area contributed by atoms with Crippen molar-refractivity contribution in [2.45, 2.75) is 66.0 Å². The van der Waals surface area contributed by atoms with Gasteiger partial charge in [-0.3, -0.25) is 0 Å². The average molecular weight is 209 g/mol. The van der Waals surface area contributed by atoms with Gasteiger partial charge in [-0.25, -0.2) is 9.13 Å². The highest BCUT2D eigenvalue weighted by atomic mass is 15.1. The predicted octanol–water partition coefficient (Wildman–Crippen LogP) is 2.94. The van der Waals surface area contributed by atoms with E-state index in [4.69, 9.17) is 0 Å². The average Bonchev–Trinajstić information content (AvgIpc) is 2.66. The quantitative estimate of drug-likeness (QED) is 0.482. The molecule has 0 spiro atoms. The molecule has 0 unspecified atom stereocenters. The van der Waals surface area contributed by atoms with Gasteiger partial charge in [-0.15, -0.1) is 0 Å². The van der Waals surface area contributed by atoms with E-state index in [0.29, 0.717) is 0 Å². The van der Waals surface area contributed by atoms with Crippen LogP contribution in [0.1, 0.15) is 52.3 Å². The summed E-state index contributed by atoms with van der Waals surface area (Å²) < 4.78 is 4.76. The molecule has 2 nitrogen and oxygen atoms in total. The van der Waals surface area contributed by atoms with Crippen LogP contribution in [-0.4, -0.2) is 4.57 Å². The molecule has 0 fully saturated rings. The van der Waals surface area contributed by atoms with Gasteiger partial charge in [-0.1, -0.05) is 26.7 Å². The second kappa shape index (κ2) is 6.65. The SMILES string of the molecule is CCCCCC[n+]1ccn(CC)c1CC. The zero-order valence-corrected chi connectivity index (χ0v) is 10.5. The Morgan fingerprint density at radius 1 is 1.13 bits per heavy atom. The smallest absolute Gasteiger partial charge is 0.235 e. The van der Waals surface area contributed by atoms with Gasteiger partial charge in [0.25, 0.3) is 5.82 Å². The molecule has 2 heteroatoms. The van der Waals surface area contributed by atoms with Crippen LogP contribution in [0.4, 0.5) is 0 Å². The van der Waals surface area contributed by atoms with Crippen LogP contribution in [0.5, 0.6) is 0 Å². The largest absolute Gasteiger partial charge is 0.256 e. The van der Waals surface area contributed by atoms with E-state index in [1.165, 1.54) is 38.1 Å². The highest BCUT2D eigenvalue weighted by molar-refractivity contribution is 4.82. The summed E-state index contributed by atoms with van der Waals surface area (Å²) in [5, 5.41) is 0. The van der Waals surface area contributed by atoms with E-state index in [0.717, 1.165) is 13.0 Å². The molecular weight excluding hydrogens is 184 g/mol. The van der Waals surface area contributed by atoms with Gasteiger partial charge in [0.2, 0.25) is 0 Å². The van der Waals surface area contributed by atoms with Gasteiger partial charge in [-0.2, -0.15) is 0 Å². The minimum absolute atomic E-state index is 1.09. The summed E-state index contributed by atoms with van der Waals surface area (Å²) in [6.07, 6.45) is 10.9. The molecule has 0 saturated heterocycles. The Labute approximate surface area is 93.9 Å². The van der Waals surface area contributed by atoms with E-state index in [-0.39, 0.29) is 0 Å². The minimum atomic E-state index is 1.09. The first-order valence-corrected chi connectivity index (χ1v) is 6.40. The zero-order valence-electron chi connectivity index (χ0n) is 10.5. The van der Waals surface area contributed by atoms with Crippen LogP contribution in [0.2, 0.25) is 0 Å². The molecule has 1 heterocycles. The Morgan fingerprint density at radius 3 is 2.53 bits per heavy atom. The maximum atomic E-state index is 2.42. The molecule has 0 aliphatic heterocycles. The van der Waals surface area contributed by atoms with E-state index in [1.54, 1.807) is 0 Å². The number of imidazole rings is 1. The van der Waals surface area contributed by atoms with Crippen LogP contribution in [0.25, 0.3) is 0 Å². The first-order chi connectivity index (χ1) is 7.33. The molecule has 0 aliphatic carbocycles. The third kappa shape index (κ3) is 3.37. The summed E-state index contributed by atoms with van der Waals surface area (Å²) in [6, 6.07) is 0. The molecule has 86 valence electrons. The van der Waals surface area contributed by atoms with Gasteiger partial charge in [0.1, 0.15) is 12.4 Å². The third-order valence-electron chi connectivity index (χ3n) is 3.00. The van der Waals surface area contributed by atoms with E-state index in [2.05, 4.69) is 42.3 Å². The van der Waals surface area contributed by atoms with Gasteiger partial charge in [0.15, 0.2) is 0 Å². The maximum absolute atomic E-state index is 2.42. The summed E-state index contributed by atoms with van der Waals surface area (Å²) >= 11 is 0. The molecule has 0 atom stereocenters. The van der Waals surface area contributed by atoms with Gasteiger partial charge in [-0.05, 0) is 19.8 Å². The summed E-state index contributed by atoms with van der Waals surface area (Å²) in [5.74, 6) is 1.47. The summed E-state index contributed by atoms with van der Waals surface area (Å²) in [6.45, 7) is 8.99. The van der Waals surface area contributed by atoms with Crippen LogP contribution in [0, 0.1) is 0 Å². The molecule has 1 rings (SSSR count). The summed E-state index contributed by atoms with van der Waals surface area (Å²) in [5.41, 5.74) is 0. The first kappa shape index (κ1) is 12.3. The van der Waals surface area contributed by atoms with Crippen molar-refractivity contribution in [3.05, 3.63) is 18.2 Å². The zero-order chi connectivity index (χ0) is 11.1. The summed E-state index contributed by atoms with van der Waals surface area (Å²) in [7, 11) is 0. The van der Waals surface area contributed by atoms with Gasteiger partial charge in [0, 0.05) is 6.42 Å². The monoisotopic (exact) mass is 209 g/mol. The topological polar surface area (TPSA) is 8.81 Å². The molecule has 0 aromatic carbocycles. The van der Waals surface area contributed by atoms with Crippen LogP contribution >= 0.6 is 0 Å². The van der Waals surface area contributed by atoms with Crippen molar-refractivity contribution in [1.29, 1.82) is 0 Å². The van der Waals surface area contributed by atoms with Crippen molar-refractivity contribution in [3.8, 4) is 0 Å². The Bertz CT molecular complexity index is 276. The van der Waals surface area contributed by atoms with Crippen molar-refractivity contribution < 1.29 is 4.57 Å². The van der Waals surface area contributed by atoms with Crippen molar-refractivity contribution >= 4 is 0 Å². The van der Waals surface area contributed by atoms with Crippen LogP contribution in [0.3, 0.4) is 0 Å². The lowest BCUT2D eigenvalue weighted by Gasteiger charge is -2.01. The predicted molar refractivity (Wildman–Crippen MR) is 63.8 cm³/mol. The molecular formula is C13H25N2+. The fourth-order valence-corrected chi connectivity index (χ4v) is 2.10. The molecule has 0 aliphatic rings. The molecule has 0 saturated carbocycles. The molecule has 1 aromatic rings. The van der Waals surface area contributed by atoms with Gasteiger partial charge >= 0.3 is 0 Å². The third-order valence-corrected chi connectivity index (χ3v) is 3.00. The Hall–Kier alpha value is -0.790. The second-order valence-electron chi connectivity index (χ2n) is 4.11. The number of hydrogen-bond acceptors (Lipinski definition) is 0. The number of rotatable bonds is 7. The lowest BCUT2D eigenvalue weighted by Crippen LogP contribution is -2.37. The Kier molecular flexibility index (Phi) is 5.44. The van der Waals surface area contributed by atoms with Gasteiger partial charge in [0.05, 0.1) is 13.1 Å². The first-order valence-electron chi connectivity index (χ1n) is 6.40. The molecule has 0 radical (unpaired) electrons. The van der Waals surface area contributed by atoms with Crippen molar-refractivity contribution in [2.75, 3.05) is 0 Å². The number of nitrogens with zero attached hydrogens (tertiary/aromatic N) is 2. The molecule has 1 aromatic heterocycles. The standard InChI is InChI=1S/C13H25N2/c1-4-7-8-9-10-15-12-11-14(6-3)13(15)5-2/h11-12H,4-10H2,1-3H3/q+1. The number of hydrogen-bond donors (Lipinski definition) is 0. The number of unbranched alkanes of at least 4 members (excludes halogenated alkanes) is 3. The van der Waals surface area contributed by atoms with Gasteiger partial charge < -0.3 is 0 Å². The second-order valence-corrected chi connectivity index (χ2v) is 4.11. The Balaban J connectivity index is 2.49. The summed E-state index contributed by atoms with van der Waals surface area (Å²) in [4.78, 5) is 0. The number of aryl methyl sites for hydroxylation is 2.